The number of benzene rings is 2. The zero-order valence-corrected chi connectivity index (χ0v) is 15.1. The van der Waals surface area contributed by atoms with E-state index in [4.69, 9.17) is 4.74 Å². The highest BCUT2D eigenvalue weighted by molar-refractivity contribution is 6.22. The summed E-state index contributed by atoms with van der Waals surface area (Å²) < 4.78 is 33.4. The number of carbonyl (C=O) groups is 4. The van der Waals surface area contributed by atoms with Gasteiger partial charge in [0.05, 0.1) is 11.1 Å². The molecule has 0 aromatic heterocycles. The number of halogens is 2. The molecule has 0 N–H and O–H groups in total. The summed E-state index contributed by atoms with van der Waals surface area (Å²) in [6, 6.07) is 9.82. The average molecular weight is 403 g/mol. The van der Waals surface area contributed by atoms with Crippen molar-refractivity contribution in [1.29, 1.82) is 0 Å². The van der Waals surface area contributed by atoms with Gasteiger partial charge in [0, 0.05) is 5.56 Å². The lowest BCUT2D eigenvalue weighted by Crippen LogP contribution is -2.44. The number of Topliss-reactive ketones (excluding diaryl/α,β-unsaturated/α-hetero) is 1. The number of fused-ring (bicyclic) bond motifs is 1. The van der Waals surface area contributed by atoms with Crippen LogP contribution in [0.3, 0.4) is 0 Å². The molecule has 0 saturated carbocycles. The third kappa shape index (κ3) is 4.13. The molecule has 0 saturated heterocycles. The minimum Gasteiger partial charge on any atom is -0.456 e. The van der Waals surface area contributed by atoms with Gasteiger partial charge in [-0.3, -0.25) is 19.3 Å². The van der Waals surface area contributed by atoms with Gasteiger partial charge in [0.1, 0.15) is 11.8 Å². The third-order valence-corrected chi connectivity index (χ3v) is 4.30. The van der Waals surface area contributed by atoms with Crippen molar-refractivity contribution in [3.63, 3.8) is 0 Å². The van der Waals surface area contributed by atoms with Crippen molar-refractivity contribution in [2.24, 2.45) is 0 Å². The molecule has 3 rings (SSSR count). The number of amides is 2. The van der Waals surface area contributed by atoms with Crippen molar-refractivity contribution in [2.75, 3.05) is 6.61 Å². The van der Waals surface area contributed by atoms with Crippen LogP contribution in [0.1, 0.15) is 38.0 Å². The number of esters is 1. The molecule has 1 aliphatic rings. The van der Waals surface area contributed by atoms with Crippen LogP contribution in [0.5, 0.6) is 5.75 Å². The van der Waals surface area contributed by atoms with Gasteiger partial charge in [-0.05, 0) is 43.3 Å². The molecule has 150 valence electrons. The lowest BCUT2D eigenvalue weighted by molar-refractivity contribution is -0.146. The zero-order chi connectivity index (χ0) is 21.1. The van der Waals surface area contributed by atoms with Crippen LogP contribution in [0.25, 0.3) is 0 Å². The lowest BCUT2D eigenvalue weighted by atomic mass is 10.1. The summed E-state index contributed by atoms with van der Waals surface area (Å²) in [5.74, 6) is -2.86. The largest absolute Gasteiger partial charge is 0.456 e. The van der Waals surface area contributed by atoms with E-state index in [9.17, 15) is 28.0 Å². The number of hydrogen-bond acceptors (Lipinski definition) is 6. The standard InChI is InChI=1S/C20H15F2NO6/c1-11(23-17(25)14-4-2-3-5-15(14)18(23)26)19(27)28-10-16(24)12-6-8-13(9-7-12)29-20(21)22/h2-9,11,20H,10H2,1H3/t11-/m0/s1. The SMILES string of the molecule is C[C@@H](C(=O)OCC(=O)c1ccc(OC(F)F)cc1)N1C(=O)c2ccccc2C1=O. The van der Waals surface area contributed by atoms with Crippen LogP contribution >= 0.6 is 0 Å². The van der Waals surface area contributed by atoms with E-state index in [1.807, 2.05) is 0 Å². The Morgan fingerprint density at radius 2 is 1.52 bits per heavy atom. The van der Waals surface area contributed by atoms with Gasteiger partial charge in [0.25, 0.3) is 11.8 Å². The Morgan fingerprint density at radius 1 is 0.966 bits per heavy atom. The summed E-state index contributed by atoms with van der Waals surface area (Å²) in [5, 5.41) is 0. The number of carbonyl (C=O) groups excluding carboxylic acids is 4. The normalized spacial score (nSPS) is 14.0. The first-order chi connectivity index (χ1) is 13.8. The van der Waals surface area contributed by atoms with Gasteiger partial charge in [-0.25, -0.2) is 4.79 Å². The molecular weight excluding hydrogens is 388 g/mol. The predicted molar refractivity (Wildman–Crippen MR) is 94.8 cm³/mol. The average Bonchev–Trinajstić information content (AvgIpc) is 2.96. The predicted octanol–water partition coefficient (Wildman–Crippen LogP) is 2.70. The molecule has 1 heterocycles. The third-order valence-electron chi connectivity index (χ3n) is 4.30. The van der Waals surface area contributed by atoms with Crippen molar-refractivity contribution in [3.05, 3.63) is 65.2 Å². The second-order valence-electron chi connectivity index (χ2n) is 6.14. The number of nitrogens with zero attached hydrogens (tertiary/aromatic N) is 1. The molecular formula is C20H15F2NO6. The number of imide groups is 1. The van der Waals surface area contributed by atoms with Crippen LogP contribution in [0, 0.1) is 0 Å². The van der Waals surface area contributed by atoms with Crippen LogP contribution in [-0.4, -0.2) is 47.7 Å². The van der Waals surface area contributed by atoms with E-state index in [0.29, 0.717) is 0 Å². The van der Waals surface area contributed by atoms with E-state index in [1.54, 1.807) is 12.1 Å². The Hall–Kier alpha value is -3.62. The van der Waals surface area contributed by atoms with Gasteiger partial charge in [0.2, 0.25) is 0 Å². The molecule has 0 spiro atoms. The van der Waals surface area contributed by atoms with Crippen LogP contribution in [0.2, 0.25) is 0 Å². The number of ketones is 1. The molecule has 0 bridgehead atoms. The summed E-state index contributed by atoms with van der Waals surface area (Å²) in [6.07, 6.45) is 0. The number of rotatable bonds is 7. The fourth-order valence-corrected chi connectivity index (χ4v) is 2.83. The van der Waals surface area contributed by atoms with E-state index in [0.717, 1.165) is 4.90 Å². The quantitative estimate of drug-likeness (QED) is 0.401. The Labute approximate surface area is 163 Å². The van der Waals surface area contributed by atoms with Crippen molar-refractivity contribution in [1.82, 2.24) is 4.90 Å². The lowest BCUT2D eigenvalue weighted by Gasteiger charge is -2.20. The number of ether oxygens (including phenoxy) is 2. The van der Waals surface area contributed by atoms with Crippen LogP contribution < -0.4 is 4.74 Å². The van der Waals surface area contributed by atoms with Crippen molar-refractivity contribution < 1.29 is 37.4 Å². The molecule has 0 radical (unpaired) electrons. The molecule has 2 amide bonds. The summed E-state index contributed by atoms with van der Waals surface area (Å²) in [5.41, 5.74) is 0.506. The summed E-state index contributed by atoms with van der Waals surface area (Å²) in [4.78, 5) is 49.9. The highest BCUT2D eigenvalue weighted by Gasteiger charge is 2.41. The Morgan fingerprint density at radius 3 is 2.03 bits per heavy atom. The van der Waals surface area contributed by atoms with Crippen molar-refractivity contribution in [3.8, 4) is 5.75 Å². The van der Waals surface area contributed by atoms with Crippen molar-refractivity contribution in [2.45, 2.75) is 19.6 Å². The number of alkyl halides is 2. The molecule has 1 atom stereocenters. The molecule has 1 aliphatic heterocycles. The minimum absolute atomic E-state index is 0.118. The fourth-order valence-electron chi connectivity index (χ4n) is 2.83. The Balaban J connectivity index is 1.60. The molecule has 9 heteroatoms. The molecule has 2 aromatic carbocycles. The summed E-state index contributed by atoms with van der Waals surface area (Å²) in [6.45, 7) is -2.30. The summed E-state index contributed by atoms with van der Waals surface area (Å²) >= 11 is 0. The smallest absolute Gasteiger partial charge is 0.387 e. The number of hydrogen-bond donors (Lipinski definition) is 0. The molecule has 2 aromatic rings. The maximum absolute atomic E-state index is 12.4. The highest BCUT2D eigenvalue weighted by Crippen LogP contribution is 2.24. The van der Waals surface area contributed by atoms with E-state index >= 15 is 0 Å². The first-order valence-electron chi connectivity index (χ1n) is 8.51. The molecule has 0 fully saturated rings. The van der Waals surface area contributed by atoms with Gasteiger partial charge in [0.15, 0.2) is 12.4 Å². The Bertz CT molecular complexity index is 938. The molecule has 29 heavy (non-hydrogen) atoms. The van der Waals surface area contributed by atoms with E-state index < -0.39 is 42.8 Å². The topological polar surface area (TPSA) is 90.0 Å². The maximum Gasteiger partial charge on any atom is 0.387 e. The molecule has 0 aliphatic carbocycles. The van der Waals surface area contributed by atoms with E-state index in [2.05, 4.69) is 4.74 Å². The van der Waals surface area contributed by atoms with Gasteiger partial charge in [-0.1, -0.05) is 12.1 Å². The fraction of sp³-hybridized carbons (Fsp3) is 0.200. The highest BCUT2D eigenvalue weighted by atomic mass is 19.3. The zero-order valence-electron chi connectivity index (χ0n) is 15.1. The Kier molecular flexibility index (Phi) is 5.67. The summed E-state index contributed by atoms with van der Waals surface area (Å²) in [7, 11) is 0. The van der Waals surface area contributed by atoms with Gasteiger partial charge in [-0.15, -0.1) is 0 Å². The molecule has 0 unspecified atom stereocenters. The minimum atomic E-state index is -2.99. The van der Waals surface area contributed by atoms with Crippen LogP contribution in [0.15, 0.2) is 48.5 Å². The first-order valence-corrected chi connectivity index (χ1v) is 8.51. The van der Waals surface area contributed by atoms with Gasteiger partial charge >= 0.3 is 12.6 Å². The van der Waals surface area contributed by atoms with Crippen LogP contribution in [0.4, 0.5) is 8.78 Å². The van der Waals surface area contributed by atoms with E-state index in [-0.39, 0.29) is 22.4 Å². The monoisotopic (exact) mass is 403 g/mol. The van der Waals surface area contributed by atoms with Crippen LogP contribution in [-0.2, 0) is 9.53 Å². The van der Waals surface area contributed by atoms with Crippen molar-refractivity contribution >= 4 is 23.6 Å². The van der Waals surface area contributed by atoms with E-state index in [1.165, 1.54) is 43.3 Å². The second-order valence-corrected chi connectivity index (χ2v) is 6.14. The first kappa shape index (κ1) is 20.1. The molecule has 7 nitrogen and oxygen atoms in total. The maximum atomic E-state index is 12.4. The van der Waals surface area contributed by atoms with Gasteiger partial charge < -0.3 is 9.47 Å². The van der Waals surface area contributed by atoms with Gasteiger partial charge in [-0.2, -0.15) is 8.78 Å². The second kappa shape index (κ2) is 8.17.